The van der Waals surface area contributed by atoms with Crippen molar-refractivity contribution in [3.8, 4) is 5.75 Å². The van der Waals surface area contributed by atoms with Crippen molar-refractivity contribution >= 4 is 20.8 Å². The summed E-state index contributed by atoms with van der Waals surface area (Å²) in [7, 11) is -3.37. The van der Waals surface area contributed by atoms with Gasteiger partial charge in [0.2, 0.25) is 10.0 Å². The van der Waals surface area contributed by atoms with Crippen molar-refractivity contribution in [2.24, 2.45) is 11.1 Å². The molecule has 114 valence electrons. The van der Waals surface area contributed by atoms with Crippen LogP contribution in [0.5, 0.6) is 5.75 Å². The van der Waals surface area contributed by atoms with E-state index in [1.165, 1.54) is 0 Å². The highest BCUT2D eigenvalue weighted by molar-refractivity contribution is 7.89. The van der Waals surface area contributed by atoms with E-state index in [-0.39, 0.29) is 11.7 Å². The minimum absolute atomic E-state index is 0.0302. The summed E-state index contributed by atoms with van der Waals surface area (Å²) >= 11 is 0. The van der Waals surface area contributed by atoms with Gasteiger partial charge in [-0.2, -0.15) is 0 Å². The van der Waals surface area contributed by atoms with Crippen molar-refractivity contribution < 1.29 is 13.2 Å². The van der Waals surface area contributed by atoms with Gasteiger partial charge in [-0.1, -0.05) is 43.3 Å². The molecule has 1 atom stereocenters. The van der Waals surface area contributed by atoms with Gasteiger partial charge in [0.15, 0.2) is 0 Å². The highest BCUT2D eigenvalue weighted by Gasteiger charge is 2.09. The van der Waals surface area contributed by atoms with Crippen LogP contribution in [0.15, 0.2) is 42.5 Å². The molecule has 0 aliphatic heterocycles. The molecule has 2 aromatic rings. The molecule has 0 bridgehead atoms. The fourth-order valence-corrected chi connectivity index (χ4v) is 2.93. The van der Waals surface area contributed by atoms with Gasteiger partial charge in [-0.3, -0.25) is 0 Å². The van der Waals surface area contributed by atoms with Crippen molar-refractivity contribution in [2.75, 3.05) is 12.4 Å². The van der Waals surface area contributed by atoms with E-state index < -0.39 is 10.0 Å². The number of ether oxygens (including phenoxy) is 1. The molecule has 0 aliphatic rings. The fourth-order valence-electron chi connectivity index (χ4n) is 2.20. The molecule has 1 unspecified atom stereocenters. The number of hydrogen-bond acceptors (Lipinski definition) is 3. The molecule has 2 rings (SSSR count). The zero-order valence-corrected chi connectivity index (χ0v) is 13.0. The molecule has 0 heterocycles. The zero-order chi connectivity index (χ0) is 15.3. The average Bonchev–Trinajstić information content (AvgIpc) is 2.45. The van der Waals surface area contributed by atoms with Gasteiger partial charge < -0.3 is 4.74 Å². The second kappa shape index (κ2) is 6.91. The van der Waals surface area contributed by atoms with Crippen LogP contribution >= 0.6 is 0 Å². The van der Waals surface area contributed by atoms with E-state index in [1.807, 2.05) is 37.3 Å². The third-order valence-electron chi connectivity index (χ3n) is 3.51. The summed E-state index contributed by atoms with van der Waals surface area (Å²) in [5.41, 5.74) is 0. The Hall–Kier alpha value is -1.59. The lowest BCUT2D eigenvalue weighted by Crippen LogP contribution is -2.18. The first-order valence-corrected chi connectivity index (χ1v) is 8.78. The molecule has 0 fully saturated rings. The van der Waals surface area contributed by atoms with E-state index in [9.17, 15) is 8.42 Å². The summed E-state index contributed by atoms with van der Waals surface area (Å²) in [6.45, 7) is 2.58. The molecule has 0 radical (unpaired) electrons. The molecule has 4 nitrogen and oxygen atoms in total. The number of hydrogen-bond donors (Lipinski definition) is 1. The lowest BCUT2D eigenvalue weighted by molar-refractivity contribution is 0.285. The summed E-state index contributed by atoms with van der Waals surface area (Å²) in [6.07, 6.45) is 1.37. The first kappa shape index (κ1) is 15.8. The summed E-state index contributed by atoms with van der Waals surface area (Å²) in [4.78, 5) is 0. The van der Waals surface area contributed by atoms with Gasteiger partial charge >= 0.3 is 0 Å². The molecule has 0 aromatic heterocycles. The molecular weight excluding hydrogens is 286 g/mol. The lowest BCUT2D eigenvalue weighted by atomic mass is 10.1. The van der Waals surface area contributed by atoms with Gasteiger partial charge in [0, 0.05) is 5.39 Å². The second-order valence-electron chi connectivity index (χ2n) is 5.38. The lowest BCUT2D eigenvalue weighted by Gasteiger charge is -2.13. The Labute approximate surface area is 126 Å². The molecule has 2 aromatic carbocycles. The monoisotopic (exact) mass is 307 g/mol. The number of nitrogens with two attached hydrogens (primary N) is 1. The van der Waals surface area contributed by atoms with Gasteiger partial charge in [0.1, 0.15) is 5.75 Å². The van der Waals surface area contributed by atoms with E-state index in [0.29, 0.717) is 13.0 Å². The first-order valence-electron chi connectivity index (χ1n) is 7.07. The molecule has 21 heavy (non-hydrogen) atoms. The average molecular weight is 307 g/mol. The first-order chi connectivity index (χ1) is 9.96. The number of primary sulfonamides is 1. The largest absolute Gasteiger partial charge is 0.493 e. The predicted octanol–water partition coefficient (Wildman–Crippen LogP) is 2.92. The predicted molar refractivity (Wildman–Crippen MR) is 85.8 cm³/mol. The van der Waals surface area contributed by atoms with E-state index in [1.54, 1.807) is 0 Å². The Morgan fingerprint density at radius 2 is 1.81 bits per heavy atom. The van der Waals surface area contributed by atoms with Gasteiger partial charge in [-0.25, -0.2) is 13.6 Å². The van der Waals surface area contributed by atoms with Crippen molar-refractivity contribution in [1.82, 2.24) is 0 Å². The van der Waals surface area contributed by atoms with Crippen LogP contribution in [0.3, 0.4) is 0 Å². The van der Waals surface area contributed by atoms with Gasteiger partial charge in [0.25, 0.3) is 0 Å². The number of sulfonamides is 1. The van der Waals surface area contributed by atoms with Crippen molar-refractivity contribution in [2.45, 2.75) is 19.8 Å². The summed E-state index contributed by atoms with van der Waals surface area (Å²) in [5.74, 6) is 1.16. The maximum absolute atomic E-state index is 10.9. The number of fused-ring (bicyclic) bond motifs is 1. The van der Waals surface area contributed by atoms with Crippen molar-refractivity contribution in [1.29, 1.82) is 0 Å². The van der Waals surface area contributed by atoms with Crippen LogP contribution in [0.25, 0.3) is 10.8 Å². The van der Waals surface area contributed by atoms with Crippen LogP contribution in [-0.2, 0) is 10.0 Å². The highest BCUT2D eigenvalue weighted by atomic mass is 32.2. The quantitative estimate of drug-likeness (QED) is 0.855. The SMILES string of the molecule is CC(CCOc1cccc2ccccc12)CCS(N)(=O)=O. The highest BCUT2D eigenvalue weighted by Crippen LogP contribution is 2.25. The molecular formula is C16H21NO3S. The number of rotatable bonds is 7. The number of benzene rings is 2. The topological polar surface area (TPSA) is 69.4 Å². The smallest absolute Gasteiger partial charge is 0.209 e. The van der Waals surface area contributed by atoms with Crippen LogP contribution in [0.1, 0.15) is 19.8 Å². The molecule has 0 amide bonds. The van der Waals surface area contributed by atoms with E-state index >= 15 is 0 Å². The normalized spacial score (nSPS) is 13.2. The Kier molecular flexibility index (Phi) is 5.20. The Morgan fingerprint density at radius 1 is 1.10 bits per heavy atom. The Bertz CT molecular complexity index is 692. The second-order valence-corrected chi connectivity index (χ2v) is 7.11. The fraction of sp³-hybridized carbons (Fsp3) is 0.375. The maximum Gasteiger partial charge on any atom is 0.209 e. The Balaban J connectivity index is 1.88. The van der Waals surface area contributed by atoms with Crippen LogP contribution in [0, 0.1) is 5.92 Å². The van der Waals surface area contributed by atoms with Crippen LogP contribution in [0.4, 0.5) is 0 Å². The van der Waals surface area contributed by atoms with Gasteiger partial charge in [-0.15, -0.1) is 0 Å². The molecule has 0 saturated carbocycles. The molecule has 0 spiro atoms. The van der Waals surface area contributed by atoms with E-state index in [4.69, 9.17) is 9.88 Å². The maximum atomic E-state index is 10.9. The molecule has 0 saturated heterocycles. The standard InChI is InChI=1S/C16H21NO3S/c1-13(10-12-21(17,18)19)9-11-20-16-8-4-6-14-5-2-3-7-15(14)16/h2-8,13H,9-12H2,1H3,(H2,17,18,19). The molecule has 0 aliphatic carbocycles. The van der Waals surface area contributed by atoms with Crippen molar-refractivity contribution in [3.05, 3.63) is 42.5 Å². The summed E-state index contributed by atoms with van der Waals surface area (Å²) in [6, 6.07) is 14.1. The summed E-state index contributed by atoms with van der Waals surface area (Å²) in [5, 5.41) is 7.25. The van der Waals surface area contributed by atoms with E-state index in [2.05, 4.69) is 12.1 Å². The minimum atomic E-state index is -3.37. The minimum Gasteiger partial charge on any atom is -0.493 e. The molecule has 2 N–H and O–H groups in total. The zero-order valence-electron chi connectivity index (χ0n) is 12.2. The van der Waals surface area contributed by atoms with Crippen LogP contribution in [0.2, 0.25) is 0 Å². The molecule has 5 heteroatoms. The van der Waals surface area contributed by atoms with E-state index in [0.717, 1.165) is 22.9 Å². The van der Waals surface area contributed by atoms with Crippen LogP contribution < -0.4 is 9.88 Å². The van der Waals surface area contributed by atoms with Gasteiger partial charge in [0.05, 0.1) is 12.4 Å². The summed E-state index contributed by atoms with van der Waals surface area (Å²) < 4.78 is 27.7. The van der Waals surface area contributed by atoms with Gasteiger partial charge in [-0.05, 0) is 30.2 Å². The van der Waals surface area contributed by atoms with Crippen LogP contribution in [-0.4, -0.2) is 20.8 Å². The third kappa shape index (κ3) is 5.02. The van der Waals surface area contributed by atoms with Crippen molar-refractivity contribution in [3.63, 3.8) is 0 Å². The Morgan fingerprint density at radius 3 is 2.57 bits per heavy atom. The third-order valence-corrected chi connectivity index (χ3v) is 4.32.